The molecule has 1 aliphatic heterocycles. The number of nitrogens with zero attached hydrogens (tertiary/aromatic N) is 1. The van der Waals surface area contributed by atoms with Gasteiger partial charge in [0.05, 0.1) is 0 Å². The van der Waals surface area contributed by atoms with E-state index in [0.29, 0.717) is 30.9 Å². The molecule has 2 aromatic carbocycles. The third-order valence-electron chi connectivity index (χ3n) is 5.69. The van der Waals surface area contributed by atoms with Gasteiger partial charge >= 0.3 is 6.03 Å². The second-order valence-corrected chi connectivity index (χ2v) is 8.34. The highest BCUT2D eigenvalue weighted by atomic mass is 16.2. The van der Waals surface area contributed by atoms with Gasteiger partial charge < -0.3 is 20.9 Å². The summed E-state index contributed by atoms with van der Waals surface area (Å²) in [6.45, 7) is 3.71. The second-order valence-electron chi connectivity index (χ2n) is 8.34. The summed E-state index contributed by atoms with van der Waals surface area (Å²) in [5.41, 5.74) is 4.29. The maximum Gasteiger partial charge on any atom is 0.319 e. The number of hydrogen-bond donors (Lipinski definition) is 3. The lowest BCUT2D eigenvalue weighted by Crippen LogP contribution is -2.28. The third kappa shape index (κ3) is 5.63. The first-order valence-corrected chi connectivity index (χ1v) is 10.8. The first-order valence-electron chi connectivity index (χ1n) is 10.8. The molecule has 1 saturated carbocycles. The van der Waals surface area contributed by atoms with E-state index >= 15 is 0 Å². The van der Waals surface area contributed by atoms with Crippen molar-refractivity contribution in [2.24, 2.45) is 5.92 Å². The van der Waals surface area contributed by atoms with Gasteiger partial charge in [0.25, 0.3) is 0 Å². The van der Waals surface area contributed by atoms with E-state index in [-0.39, 0.29) is 23.8 Å². The average molecular weight is 421 g/mol. The van der Waals surface area contributed by atoms with Crippen molar-refractivity contribution >= 4 is 29.2 Å². The van der Waals surface area contributed by atoms with E-state index in [4.69, 9.17) is 0 Å². The number of carbonyl (C=O) groups is 3. The molecular formula is C24H28N4O3. The van der Waals surface area contributed by atoms with Crippen molar-refractivity contribution in [2.75, 3.05) is 17.2 Å². The molecule has 7 nitrogen and oxygen atoms in total. The van der Waals surface area contributed by atoms with Crippen LogP contribution in [-0.2, 0) is 22.7 Å². The standard InChI is InChI=1S/C24H28N4O3/c1-16-7-10-20(26-23(30)19-8-9-19)13-21(16)27-24(31)25-14-17-4-2-5-18(12-17)15-28-11-3-6-22(28)29/h2,4-5,7,10,12-13,19H,3,6,8-9,11,14-15H2,1H3,(H,26,30)(H2,25,27,31). The van der Waals surface area contributed by atoms with Crippen molar-refractivity contribution in [3.8, 4) is 0 Å². The fraction of sp³-hybridized carbons (Fsp3) is 0.375. The van der Waals surface area contributed by atoms with Crippen LogP contribution in [0.25, 0.3) is 0 Å². The quantitative estimate of drug-likeness (QED) is 0.637. The molecule has 3 N–H and O–H groups in total. The normalized spacial score (nSPS) is 15.6. The minimum atomic E-state index is -0.311. The molecule has 0 spiro atoms. The summed E-state index contributed by atoms with van der Waals surface area (Å²) in [4.78, 5) is 38.1. The number of aryl methyl sites for hydroxylation is 1. The molecule has 2 aliphatic rings. The first-order chi connectivity index (χ1) is 15.0. The van der Waals surface area contributed by atoms with Gasteiger partial charge in [-0.05, 0) is 55.0 Å². The van der Waals surface area contributed by atoms with Gasteiger partial charge in [0, 0.05) is 43.3 Å². The van der Waals surface area contributed by atoms with Crippen molar-refractivity contribution < 1.29 is 14.4 Å². The van der Waals surface area contributed by atoms with Gasteiger partial charge in [0.15, 0.2) is 0 Å². The second kappa shape index (κ2) is 9.20. The SMILES string of the molecule is Cc1ccc(NC(=O)C2CC2)cc1NC(=O)NCc1cccc(CN2CCCC2=O)c1. The van der Waals surface area contributed by atoms with Crippen molar-refractivity contribution in [2.45, 2.75) is 45.7 Å². The Hall–Kier alpha value is -3.35. The van der Waals surface area contributed by atoms with Crippen LogP contribution in [0.2, 0.25) is 0 Å². The number of likely N-dealkylation sites (tertiary alicyclic amines) is 1. The van der Waals surface area contributed by atoms with E-state index in [0.717, 1.165) is 42.5 Å². The summed E-state index contributed by atoms with van der Waals surface area (Å²) in [5, 5.41) is 8.64. The molecule has 4 amide bonds. The molecule has 2 aromatic rings. The molecular weight excluding hydrogens is 392 g/mol. The predicted molar refractivity (Wildman–Crippen MR) is 119 cm³/mol. The Morgan fingerprint density at radius 1 is 1.06 bits per heavy atom. The lowest BCUT2D eigenvalue weighted by atomic mass is 10.1. The fourth-order valence-electron chi connectivity index (χ4n) is 3.70. The summed E-state index contributed by atoms with van der Waals surface area (Å²) in [7, 11) is 0. The minimum Gasteiger partial charge on any atom is -0.338 e. The average Bonchev–Trinajstić information content (AvgIpc) is 3.53. The largest absolute Gasteiger partial charge is 0.338 e. The molecule has 1 aliphatic carbocycles. The lowest BCUT2D eigenvalue weighted by molar-refractivity contribution is -0.128. The highest BCUT2D eigenvalue weighted by Crippen LogP contribution is 2.30. The van der Waals surface area contributed by atoms with Crippen LogP contribution >= 0.6 is 0 Å². The zero-order valence-electron chi connectivity index (χ0n) is 17.7. The van der Waals surface area contributed by atoms with Gasteiger partial charge in [0.2, 0.25) is 11.8 Å². The topological polar surface area (TPSA) is 90.5 Å². The van der Waals surface area contributed by atoms with Crippen LogP contribution in [-0.4, -0.2) is 29.3 Å². The van der Waals surface area contributed by atoms with Crippen molar-refractivity contribution in [1.82, 2.24) is 10.2 Å². The molecule has 2 fully saturated rings. The van der Waals surface area contributed by atoms with Crippen LogP contribution < -0.4 is 16.0 Å². The summed E-state index contributed by atoms with van der Waals surface area (Å²) in [5.74, 6) is 0.365. The zero-order chi connectivity index (χ0) is 21.8. The first kappa shape index (κ1) is 20.9. The van der Waals surface area contributed by atoms with Gasteiger partial charge in [-0.15, -0.1) is 0 Å². The van der Waals surface area contributed by atoms with Gasteiger partial charge in [-0.3, -0.25) is 9.59 Å². The number of urea groups is 1. The van der Waals surface area contributed by atoms with Crippen LogP contribution in [0, 0.1) is 12.8 Å². The summed E-state index contributed by atoms with van der Waals surface area (Å²) in [6.07, 6.45) is 3.44. The number of benzene rings is 2. The number of nitrogens with one attached hydrogen (secondary N) is 3. The number of carbonyl (C=O) groups excluding carboxylic acids is 3. The lowest BCUT2D eigenvalue weighted by Gasteiger charge is -2.16. The van der Waals surface area contributed by atoms with Crippen molar-refractivity contribution in [3.63, 3.8) is 0 Å². The molecule has 4 rings (SSSR count). The molecule has 162 valence electrons. The van der Waals surface area contributed by atoms with Crippen molar-refractivity contribution in [3.05, 3.63) is 59.2 Å². The Morgan fingerprint density at radius 2 is 1.87 bits per heavy atom. The molecule has 7 heteroatoms. The monoisotopic (exact) mass is 420 g/mol. The van der Waals surface area contributed by atoms with Gasteiger partial charge in [0.1, 0.15) is 0 Å². The van der Waals surface area contributed by atoms with E-state index in [9.17, 15) is 14.4 Å². The molecule has 1 saturated heterocycles. The molecule has 31 heavy (non-hydrogen) atoms. The summed E-state index contributed by atoms with van der Waals surface area (Å²) in [6, 6.07) is 13.1. The molecule has 0 bridgehead atoms. The molecule has 1 heterocycles. The van der Waals surface area contributed by atoms with E-state index in [1.807, 2.05) is 48.2 Å². The zero-order valence-corrected chi connectivity index (χ0v) is 17.7. The van der Waals surface area contributed by atoms with E-state index in [1.54, 1.807) is 6.07 Å². The molecule has 0 atom stereocenters. The van der Waals surface area contributed by atoms with Crippen LogP contribution in [0.3, 0.4) is 0 Å². The molecule has 0 radical (unpaired) electrons. The minimum absolute atomic E-state index is 0.0368. The van der Waals surface area contributed by atoms with Crippen LogP contribution in [0.1, 0.15) is 42.4 Å². The number of hydrogen-bond acceptors (Lipinski definition) is 3. The van der Waals surface area contributed by atoms with Gasteiger partial charge in [-0.1, -0.05) is 30.3 Å². The number of anilines is 2. The Balaban J connectivity index is 1.31. The Morgan fingerprint density at radius 3 is 2.61 bits per heavy atom. The van der Waals surface area contributed by atoms with E-state index in [1.165, 1.54) is 0 Å². The van der Waals surface area contributed by atoms with E-state index < -0.39 is 0 Å². The van der Waals surface area contributed by atoms with E-state index in [2.05, 4.69) is 16.0 Å². The Bertz CT molecular complexity index is 1000. The molecule has 0 unspecified atom stereocenters. The number of amides is 4. The van der Waals surface area contributed by atoms with Crippen molar-refractivity contribution in [1.29, 1.82) is 0 Å². The fourth-order valence-corrected chi connectivity index (χ4v) is 3.70. The van der Waals surface area contributed by atoms with Gasteiger partial charge in [-0.2, -0.15) is 0 Å². The molecule has 0 aromatic heterocycles. The predicted octanol–water partition coefficient (Wildman–Crippen LogP) is 3.79. The maximum absolute atomic E-state index is 12.4. The highest BCUT2D eigenvalue weighted by molar-refractivity contribution is 5.96. The highest BCUT2D eigenvalue weighted by Gasteiger charge is 2.29. The summed E-state index contributed by atoms with van der Waals surface area (Å²) >= 11 is 0. The summed E-state index contributed by atoms with van der Waals surface area (Å²) < 4.78 is 0. The smallest absolute Gasteiger partial charge is 0.319 e. The van der Waals surface area contributed by atoms with Crippen LogP contribution in [0.5, 0.6) is 0 Å². The third-order valence-corrected chi connectivity index (χ3v) is 5.69. The maximum atomic E-state index is 12.4. The number of rotatable bonds is 7. The Kier molecular flexibility index (Phi) is 6.21. The van der Waals surface area contributed by atoms with Crippen LogP contribution in [0.15, 0.2) is 42.5 Å². The van der Waals surface area contributed by atoms with Gasteiger partial charge in [-0.25, -0.2) is 4.79 Å². The van der Waals surface area contributed by atoms with Crippen LogP contribution in [0.4, 0.5) is 16.2 Å². The Labute approximate surface area is 182 Å².